The molecule has 2 aromatic carbocycles. The Balaban J connectivity index is 2.28. The molecule has 4 N–H and O–H groups in total. The molecule has 162 valence electrons. The molecule has 30 heavy (non-hydrogen) atoms. The Hall–Kier alpha value is -2.99. The largest absolute Gasteiger partial charge is 0.417 e. The third-order valence-corrected chi connectivity index (χ3v) is 5.91. The van der Waals surface area contributed by atoms with E-state index >= 15 is 0 Å². The van der Waals surface area contributed by atoms with E-state index in [4.69, 9.17) is 5.73 Å². The summed E-state index contributed by atoms with van der Waals surface area (Å²) in [4.78, 5) is 23.1. The van der Waals surface area contributed by atoms with Gasteiger partial charge in [0.1, 0.15) is 5.82 Å². The molecule has 0 bridgehead atoms. The van der Waals surface area contributed by atoms with Crippen LogP contribution in [0.25, 0.3) is 0 Å². The zero-order chi connectivity index (χ0) is 22.9. The van der Waals surface area contributed by atoms with Crippen LogP contribution in [0.3, 0.4) is 0 Å². The lowest BCUT2D eigenvalue weighted by atomic mass is 10.0. The number of halogens is 4. The first-order valence-electron chi connectivity index (χ1n) is 8.17. The maximum atomic E-state index is 13.1. The number of hydrogen-bond donors (Lipinski definition) is 3. The number of primary amides is 1. The van der Waals surface area contributed by atoms with Crippen LogP contribution in [0.4, 0.5) is 23.2 Å². The summed E-state index contributed by atoms with van der Waals surface area (Å²) in [5, 5.41) is 12.3. The zero-order valence-corrected chi connectivity index (χ0v) is 16.1. The highest BCUT2D eigenvalue weighted by Gasteiger charge is 2.38. The second kappa shape index (κ2) is 8.03. The van der Waals surface area contributed by atoms with Crippen LogP contribution in [0.15, 0.2) is 47.4 Å². The van der Waals surface area contributed by atoms with Gasteiger partial charge in [0.05, 0.1) is 21.8 Å². The molecule has 2 rings (SSSR count). The summed E-state index contributed by atoms with van der Waals surface area (Å²) >= 11 is 0. The average molecular weight is 448 g/mol. The number of carbonyl (C=O) groups is 2. The van der Waals surface area contributed by atoms with Crippen molar-refractivity contribution in [1.82, 2.24) is 0 Å². The van der Waals surface area contributed by atoms with Gasteiger partial charge in [-0.25, -0.2) is 12.8 Å². The van der Waals surface area contributed by atoms with Crippen LogP contribution >= 0.6 is 0 Å². The highest BCUT2D eigenvalue weighted by molar-refractivity contribution is 7.91. The topological polar surface area (TPSA) is 127 Å². The Labute approximate surface area is 168 Å². The number of benzene rings is 2. The molecule has 12 heteroatoms. The van der Waals surface area contributed by atoms with Crippen molar-refractivity contribution in [3.05, 3.63) is 59.4 Å². The summed E-state index contributed by atoms with van der Waals surface area (Å²) in [5.74, 6) is -4.47. The fourth-order valence-electron chi connectivity index (χ4n) is 2.50. The zero-order valence-electron chi connectivity index (χ0n) is 15.3. The van der Waals surface area contributed by atoms with Crippen LogP contribution in [0.5, 0.6) is 0 Å². The number of amides is 2. The molecule has 0 radical (unpaired) electrons. The van der Waals surface area contributed by atoms with Crippen molar-refractivity contribution in [2.45, 2.75) is 23.6 Å². The monoisotopic (exact) mass is 448 g/mol. The molecule has 0 saturated carbocycles. The normalized spacial score (nSPS) is 14.1. The van der Waals surface area contributed by atoms with Crippen molar-refractivity contribution >= 4 is 27.3 Å². The van der Waals surface area contributed by atoms with E-state index in [0.717, 1.165) is 43.3 Å². The quantitative estimate of drug-likeness (QED) is 0.461. The van der Waals surface area contributed by atoms with E-state index in [2.05, 4.69) is 0 Å². The Kier molecular flexibility index (Phi) is 6.23. The molecule has 2 aromatic rings. The van der Waals surface area contributed by atoms with Gasteiger partial charge in [-0.05, 0) is 49.4 Å². The van der Waals surface area contributed by atoms with Crippen molar-refractivity contribution in [1.29, 1.82) is 0 Å². The number of hydrogen-bond acceptors (Lipinski definition) is 5. The van der Waals surface area contributed by atoms with Crippen LogP contribution in [-0.2, 0) is 20.8 Å². The molecule has 7 nitrogen and oxygen atoms in total. The summed E-state index contributed by atoms with van der Waals surface area (Å²) in [5.41, 5.74) is -0.324. The van der Waals surface area contributed by atoms with Crippen molar-refractivity contribution in [3.8, 4) is 0 Å². The van der Waals surface area contributed by atoms with E-state index in [1.807, 2.05) is 5.32 Å². The molecular formula is C18H16F4N2O5S. The van der Waals surface area contributed by atoms with Crippen molar-refractivity contribution in [2.24, 2.45) is 5.73 Å². The van der Waals surface area contributed by atoms with Crippen LogP contribution in [0, 0.1) is 5.82 Å². The molecule has 0 aliphatic carbocycles. The third-order valence-electron chi connectivity index (χ3n) is 3.98. The number of nitrogens with two attached hydrogens (primary N) is 1. The average Bonchev–Trinajstić information content (AvgIpc) is 2.60. The Morgan fingerprint density at radius 2 is 1.67 bits per heavy atom. The fourth-order valence-corrected chi connectivity index (χ4v) is 4.09. The minimum atomic E-state index is -4.96. The maximum Gasteiger partial charge on any atom is 0.417 e. The highest BCUT2D eigenvalue weighted by atomic mass is 32.2. The van der Waals surface area contributed by atoms with Gasteiger partial charge in [-0.1, -0.05) is 0 Å². The molecule has 0 spiro atoms. The molecule has 0 saturated heterocycles. The summed E-state index contributed by atoms with van der Waals surface area (Å²) in [7, 11) is -4.24. The van der Waals surface area contributed by atoms with E-state index in [9.17, 15) is 40.7 Å². The minimum Gasteiger partial charge on any atom is -0.379 e. The van der Waals surface area contributed by atoms with Crippen LogP contribution in [0.1, 0.15) is 22.8 Å². The number of alkyl halides is 3. The molecule has 1 atom stereocenters. The number of anilines is 1. The van der Waals surface area contributed by atoms with Gasteiger partial charge in [-0.15, -0.1) is 0 Å². The van der Waals surface area contributed by atoms with E-state index < -0.39 is 61.8 Å². The summed E-state index contributed by atoms with van der Waals surface area (Å²) < 4.78 is 77.0. The molecule has 0 unspecified atom stereocenters. The smallest absolute Gasteiger partial charge is 0.379 e. The Bertz CT molecular complexity index is 1080. The number of nitrogens with one attached hydrogen (secondary N) is 1. The van der Waals surface area contributed by atoms with Gasteiger partial charge in [-0.2, -0.15) is 13.2 Å². The molecule has 0 fully saturated rings. The lowest BCUT2D eigenvalue weighted by molar-refractivity contribution is -0.138. The van der Waals surface area contributed by atoms with Gasteiger partial charge in [0.25, 0.3) is 5.91 Å². The van der Waals surface area contributed by atoms with Crippen molar-refractivity contribution in [3.63, 3.8) is 0 Å². The predicted molar refractivity (Wildman–Crippen MR) is 97.7 cm³/mol. The van der Waals surface area contributed by atoms with E-state index in [0.29, 0.717) is 6.07 Å². The molecule has 2 amide bonds. The second-order valence-corrected chi connectivity index (χ2v) is 8.55. The van der Waals surface area contributed by atoms with Gasteiger partial charge in [0, 0.05) is 5.69 Å². The first-order chi connectivity index (χ1) is 13.6. The first-order valence-corrected chi connectivity index (χ1v) is 9.82. The molecule has 0 aliphatic rings. The van der Waals surface area contributed by atoms with E-state index in [1.54, 1.807) is 0 Å². The van der Waals surface area contributed by atoms with Crippen LogP contribution < -0.4 is 11.1 Å². The molecule has 0 aliphatic heterocycles. The van der Waals surface area contributed by atoms with Gasteiger partial charge in [0.2, 0.25) is 5.91 Å². The number of carbonyl (C=O) groups excluding carboxylic acids is 2. The summed E-state index contributed by atoms with van der Waals surface area (Å²) in [6.45, 7) is 0.853. The second-order valence-electron chi connectivity index (χ2n) is 6.56. The Morgan fingerprint density at radius 3 is 2.17 bits per heavy atom. The Morgan fingerprint density at radius 1 is 1.10 bits per heavy atom. The van der Waals surface area contributed by atoms with Gasteiger partial charge in [-0.3, -0.25) is 9.59 Å². The standard InChI is InChI=1S/C18H16F4N2O5S/c1-17(27,9-30(28,29)12-5-2-10(19)3-6-12)16(26)24-11-4-7-13(15(23)25)14(8-11)18(20,21)22/h2-8,27H,9H2,1H3,(H2,23,25)(H,24,26)/t17-/m0/s1. The van der Waals surface area contributed by atoms with Crippen molar-refractivity contribution < 1.29 is 40.7 Å². The fraction of sp³-hybridized carbons (Fsp3) is 0.222. The lowest BCUT2D eigenvalue weighted by Gasteiger charge is -2.22. The number of sulfone groups is 1. The van der Waals surface area contributed by atoms with Gasteiger partial charge < -0.3 is 16.2 Å². The SMILES string of the molecule is C[C@](O)(CS(=O)(=O)c1ccc(F)cc1)C(=O)Nc1ccc(C(N)=O)c(C(F)(F)F)c1. The summed E-state index contributed by atoms with van der Waals surface area (Å²) in [6, 6.07) is 5.75. The molecule has 0 heterocycles. The maximum absolute atomic E-state index is 13.1. The highest BCUT2D eigenvalue weighted by Crippen LogP contribution is 2.34. The molecular weight excluding hydrogens is 432 g/mol. The lowest BCUT2D eigenvalue weighted by Crippen LogP contribution is -2.45. The van der Waals surface area contributed by atoms with E-state index in [1.165, 1.54) is 0 Å². The van der Waals surface area contributed by atoms with Gasteiger partial charge in [0.15, 0.2) is 15.4 Å². The van der Waals surface area contributed by atoms with Gasteiger partial charge >= 0.3 is 6.18 Å². The minimum absolute atomic E-state index is 0.359. The number of aliphatic hydroxyl groups is 1. The summed E-state index contributed by atoms with van der Waals surface area (Å²) in [6.07, 6.45) is -4.96. The third kappa shape index (κ3) is 5.33. The van der Waals surface area contributed by atoms with Crippen molar-refractivity contribution in [2.75, 3.05) is 11.1 Å². The number of rotatable bonds is 6. The van der Waals surface area contributed by atoms with Crippen LogP contribution in [0.2, 0.25) is 0 Å². The predicted octanol–water partition coefficient (Wildman–Crippen LogP) is 2.11. The van der Waals surface area contributed by atoms with E-state index in [-0.39, 0.29) is 4.90 Å². The van der Waals surface area contributed by atoms with Crippen LogP contribution in [-0.4, -0.2) is 36.7 Å². The first kappa shape index (κ1) is 23.3. The molecule has 0 aromatic heterocycles.